The summed E-state index contributed by atoms with van der Waals surface area (Å²) >= 11 is 0. The number of carbonyl (C=O) groups excluding carboxylic acids is 1. The van der Waals surface area contributed by atoms with Crippen molar-refractivity contribution in [3.8, 4) is 6.01 Å². The smallest absolute Gasteiger partial charge is 0.347 e. The highest BCUT2D eigenvalue weighted by Crippen LogP contribution is 2.25. The molecule has 1 aromatic heterocycles. The van der Waals surface area contributed by atoms with Gasteiger partial charge in [0.05, 0.1) is 0 Å². The van der Waals surface area contributed by atoms with Gasteiger partial charge in [-0.2, -0.15) is 4.98 Å². The molecule has 0 radical (unpaired) electrons. The average Bonchev–Trinajstić information content (AvgIpc) is 3.05. The summed E-state index contributed by atoms with van der Waals surface area (Å²) in [5.41, 5.74) is 14.1. The van der Waals surface area contributed by atoms with Crippen molar-refractivity contribution in [2.45, 2.75) is 6.92 Å². The number of aryl methyl sites for hydroxylation is 1. The van der Waals surface area contributed by atoms with E-state index in [1.807, 2.05) is 55.5 Å². The Balaban J connectivity index is 1.62. The molecule has 2 aromatic carbocycles. The number of para-hydroxylation sites is 2. The third-order valence-electron chi connectivity index (χ3n) is 3.98. The highest BCUT2D eigenvalue weighted by molar-refractivity contribution is 5.97. The van der Waals surface area contributed by atoms with Crippen LogP contribution in [0.25, 0.3) is 0 Å². The molecule has 9 nitrogen and oxygen atoms in total. The largest absolute Gasteiger partial charge is 0.365 e. The standard InChI is InChI=1S/C18H17N7O2/c1-11-5-4-6-12(9-11)21-17-13(16(19)26)10-20-18(22-17)27-25-15-8-3-2-7-14(15)23-24-25/h2-10,23-24H,1H3,(H2,19,26)(H,20,21,22)/p+1. The minimum atomic E-state index is -0.630. The first-order valence-electron chi connectivity index (χ1n) is 8.27. The molecule has 0 unspecified atom stereocenters. The fourth-order valence-electron chi connectivity index (χ4n) is 2.69. The molecular formula is C18H18N7O2+. The summed E-state index contributed by atoms with van der Waals surface area (Å²) in [5.74, 6) is -0.357. The summed E-state index contributed by atoms with van der Waals surface area (Å²) in [7, 11) is 0. The monoisotopic (exact) mass is 364 g/mol. The van der Waals surface area contributed by atoms with Gasteiger partial charge in [-0.05, 0) is 36.2 Å². The second-order valence-corrected chi connectivity index (χ2v) is 5.99. The van der Waals surface area contributed by atoms with E-state index in [-0.39, 0.29) is 17.4 Å². The summed E-state index contributed by atoms with van der Waals surface area (Å²) < 4.78 is 0. The lowest BCUT2D eigenvalue weighted by Gasteiger charge is -2.15. The fourth-order valence-corrected chi connectivity index (χ4v) is 2.69. The highest BCUT2D eigenvalue weighted by Gasteiger charge is 2.25. The highest BCUT2D eigenvalue weighted by atomic mass is 16.7. The van der Waals surface area contributed by atoms with Gasteiger partial charge in [-0.1, -0.05) is 29.4 Å². The molecule has 0 saturated heterocycles. The number of quaternary nitrogens is 1. The molecule has 27 heavy (non-hydrogen) atoms. The number of nitrogens with two attached hydrogens (primary N) is 2. The Hall–Kier alpha value is -3.69. The second-order valence-electron chi connectivity index (χ2n) is 5.99. The van der Waals surface area contributed by atoms with Crippen molar-refractivity contribution in [2.24, 2.45) is 5.73 Å². The number of carbonyl (C=O) groups is 1. The number of amides is 1. The predicted molar refractivity (Wildman–Crippen MR) is 99.3 cm³/mol. The predicted octanol–water partition coefficient (Wildman–Crippen LogP) is 1.06. The van der Waals surface area contributed by atoms with E-state index < -0.39 is 5.91 Å². The summed E-state index contributed by atoms with van der Waals surface area (Å²) in [5, 5.41) is 4.55. The van der Waals surface area contributed by atoms with Gasteiger partial charge in [-0.25, -0.2) is 10.4 Å². The summed E-state index contributed by atoms with van der Waals surface area (Å²) in [4.78, 5) is 25.8. The summed E-state index contributed by atoms with van der Waals surface area (Å²) in [6.45, 7) is 1.97. The molecular weight excluding hydrogens is 346 g/mol. The zero-order valence-corrected chi connectivity index (χ0v) is 14.5. The number of benzene rings is 2. The van der Waals surface area contributed by atoms with Gasteiger partial charge in [-0.15, -0.1) is 0 Å². The molecule has 1 amide bonds. The van der Waals surface area contributed by atoms with E-state index in [0.717, 1.165) is 22.6 Å². The van der Waals surface area contributed by atoms with Crippen molar-refractivity contribution >= 4 is 28.8 Å². The van der Waals surface area contributed by atoms with Crippen LogP contribution in [0.2, 0.25) is 0 Å². The van der Waals surface area contributed by atoms with Gasteiger partial charge in [0.25, 0.3) is 5.91 Å². The van der Waals surface area contributed by atoms with E-state index in [0.29, 0.717) is 0 Å². The minimum Gasteiger partial charge on any atom is -0.365 e. The molecule has 1 aliphatic rings. The van der Waals surface area contributed by atoms with Gasteiger partial charge < -0.3 is 15.9 Å². The lowest BCUT2D eigenvalue weighted by Crippen LogP contribution is -2.88. The molecule has 0 bridgehead atoms. The van der Waals surface area contributed by atoms with E-state index in [2.05, 4.69) is 20.8 Å². The van der Waals surface area contributed by atoms with Gasteiger partial charge in [0.1, 0.15) is 5.56 Å². The van der Waals surface area contributed by atoms with E-state index >= 15 is 0 Å². The quantitative estimate of drug-likeness (QED) is 0.394. The number of nitrogens with one attached hydrogen (secondary N) is 2. The number of nitrogens with zero attached hydrogens (tertiary/aromatic N) is 3. The van der Waals surface area contributed by atoms with E-state index in [1.54, 1.807) is 5.43 Å². The van der Waals surface area contributed by atoms with Crippen LogP contribution in [0.3, 0.4) is 0 Å². The maximum absolute atomic E-state index is 11.7. The molecule has 6 N–H and O–H groups in total. The third-order valence-corrected chi connectivity index (χ3v) is 3.98. The molecule has 9 heteroatoms. The molecule has 0 saturated carbocycles. The lowest BCUT2D eigenvalue weighted by atomic mass is 10.2. The van der Waals surface area contributed by atoms with Gasteiger partial charge >= 0.3 is 6.01 Å². The number of hydrogen-bond acceptors (Lipinski definition) is 7. The normalized spacial score (nSPS) is 12.6. The Morgan fingerprint density at radius 2 is 2.11 bits per heavy atom. The number of primary amides is 1. The van der Waals surface area contributed by atoms with Crippen LogP contribution >= 0.6 is 0 Å². The third kappa shape index (κ3) is 3.50. The van der Waals surface area contributed by atoms with Crippen LogP contribution in [0.15, 0.2) is 54.7 Å². The summed E-state index contributed by atoms with van der Waals surface area (Å²) in [6, 6.07) is 15.4. The van der Waals surface area contributed by atoms with Crippen molar-refractivity contribution in [3.05, 3.63) is 65.9 Å². The SMILES string of the molecule is Cc1cccc(Nc2nc(ON3N[NH2+]c4ccccc43)ncc2C(N)=O)c1. The summed E-state index contributed by atoms with van der Waals surface area (Å²) in [6.07, 6.45) is 1.34. The molecule has 0 aliphatic carbocycles. The molecule has 0 spiro atoms. The van der Waals surface area contributed by atoms with Crippen molar-refractivity contribution in [2.75, 3.05) is 10.5 Å². The zero-order valence-electron chi connectivity index (χ0n) is 14.5. The average molecular weight is 364 g/mol. The van der Waals surface area contributed by atoms with Gasteiger partial charge in [0.2, 0.25) is 0 Å². The Bertz CT molecular complexity index is 1010. The maximum atomic E-state index is 11.7. The number of aromatic nitrogens is 2. The van der Waals surface area contributed by atoms with Crippen molar-refractivity contribution in [1.82, 2.24) is 15.5 Å². The number of rotatable bonds is 5. The van der Waals surface area contributed by atoms with Crippen LogP contribution in [-0.2, 0) is 0 Å². The Morgan fingerprint density at radius 1 is 1.26 bits per heavy atom. The van der Waals surface area contributed by atoms with Crippen LogP contribution in [0.4, 0.5) is 22.9 Å². The van der Waals surface area contributed by atoms with Gasteiger partial charge in [-0.3, -0.25) is 4.79 Å². The fraction of sp³-hybridized carbons (Fsp3) is 0.0556. The molecule has 136 valence electrons. The minimum absolute atomic E-state index is 0.0627. The van der Waals surface area contributed by atoms with Crippen LogP contribution in [0.5, 0.6) is 6.01 Å². The molecule has 0 fully saturated rings. The first kappa shape index (κ1) is 16.8. The molecule has 1 aliphatic heterocycles. The Morgan fingerprint density at radius 3 is 2.93 bits per heavy atom. The Kier molecular flexibility index (Phi) is 4.29. The number of fused-ring (bicyclic) bond motifs is 1. The lowest BCUT2D eigenvalue weighted by molar-refractivity contribution is -0.630. The Labute approximate surface area is 155 Å². The van der Waals surface area contributed by atoms with Crippen LogP contribution < -0.4 is 32.0 Å². The number of hydrazine groups is 1. The van der Waals surface area contributed by atoms with Gasteiger partial charge in [0, 0.05) is 18.0 Å². The second kappa shape index (κ2) is 6.90. The topological polar surface area (TPSA) is 122 Å². The maximum Gasteiger partial charge on any atom is 0.347 e. The molecule has 0 atom stereocenters. The van der Waals surface area contributed by atoms with Crippen LogP contribution in [0.1, 0.15) is 15.9 Å². The van der Waals surface area contributed by atoms with Crippen molar-refractivity contribution in [1.29, 1.82) is 0 Å². The molecule has 2 heterocycles. The molecule has 4 rings (SSSR count). The first-order valence-corrected chi connectivity index (χ1v) is 8.27. The van der Waals surface area contributed by atoms with Gasteiger partial charge in [0.15, 0.2) is 17.2 Å². The van der Waals surface area contributed by atoms with E-state index in [4.69, 9.17) is 10.6 Å². The zero-order chi connectivity index (χ0) is 18.8. The van der Waals surface area contributed by atoms with Crippen molar-refractivity contribution in [3.63, 3.8) is 0 Å². The van der Waals surface area contributed by atoms with E-state index in [9.17, 15) is 4.79 Å². The number of hydrogen-bond donors (Lipinski definition) is 4. The van der Waals surface area contributed by atoms with Crippen LogP contribution in [-0.4, -0.2) is 15.9 Å². The molecule has 3 aromatic rings. The van der Waals surface area contributed by atoms with Crippen molar-refractivity contribution < 1.29 is 15.1 Å². The number of anilines is 3. The van der Waals surface area contributed by atoms with E-state index in [1.165, 1.54) is 11.4 Å². The van der Waals surface area contributed by atoms with Crippen LogP contribution in [0, 0.1) is 6.92 Å². The first-order chi connectivity index (χ1) is 13.1.